The second-order valence-electron chi connectivity index (χ2n) is 5.49. The molecule has 0 N–H and O–H groups in total. The summed E-state index contributed by atoms with van der Waals surface area (Å²) in [6.45, 7) is 0. The van der Waals surface area contributed by atoms with E-state index in [2.05, 4.69) is 20.3 Å². The fraction of sp³-hybridized carbons (Fsp3) is 0.0588. The average Bonchev–Trinajstić information content (AvgIpc) is 3.37. The molecule has 0 saturated heterocycles. The molecule has 0 saturated carbocycles. The first-order chi connectivity index (χ1) is 13.6. The minimum atomic E-state index is -0.496. The predicted molar refractivity (Wildman–Crippen MR) is 95.6 cm³/mol. The van der Waals surface area contributed by atoms with Gasteiger partial charge in [0.1, 0.15) is 5.82 Å². The van der Waals surface area contributed by atoms with Crippen molar-refractivity contribution < 1.29 is 18.3 Å². The molecular formula is C17H10FN5O4S. The number of nitro benzene ring substituents is 1. The van der Waals surface area contributed by atoms with Gasteiger partial charge in [-0.2, -0.15) is 4.98 Å². The summed E-state index contributed by atoms with van der Waals surface area (Å²) in [5.74, 6) is 0.783. The molecule has 2 aromatic heterocycles. The fourth-order valence-electron chi connectivity index (χ4n) is 2.29. The Morgan fingerprint density at radius 1 is 1.11 bits per heavy atom. The lowest BCUT2D eigenvalue weighted by atomic mass is 10.2. The van der Waals surface area contributed by atoms with Gasteiger partial charge in [0, 0.05) is 23.3 Å². The number of non-ortho nitro benzene ring substituents is 1. The molecule has 2 aromatic carbocycles. The van der Waals surface area contributed by atoms with E-state index in [1.54, 1.807) is 24.3 Å². The van der Waals surface area contributed by atoms with Crippen molar-refractivity contribution in [3.8, 4) is 22.8 Å². The maximum absolute atomic E-state index is 13.0. The van der Waals surface area contributed by atoms with Crippen LogP contribution in [-0.2, 0) is 5.75 Å². The van der Waals surface area contributed by atoms with E-state index in [-0.39, 0.29) is 28.4 Å². The molecule has 4 aromatic rings. The Morgan fingerprint density at radius 2 is 1.93 bits per heavy atom. The number of rotatable bonds is 6. The van der Waals surface area contributed by atoms with Gasteiger partial charge in [-0.3, -0.25) is 10.1 Å². The van der Waals surface area contributed by atoms with Crippen molar-refractivity contribution in [1.29, 1.82) is 0 Å². The normalized spacial score (nSPS) is 10.9. The summed E-state index contributed by atoms with van der Waals surface area (Å²) in [6, 6.07) is 11.7. The quantitative estimate of drug-likeness (QED) is 0.268. The van der Waals surface area contributed by atoms with Gasteiger partial charge >= 0.3 is 0 Å². The predicted octanol–water partition coefficient (Wildman–Crippen LogP) is 4.13. The van der Waals surface area contributed by atoms with E-state index in [0.29, 0.717) is 22.8 Å². The third kappa shape index (κ3) is 3.88. The zero-order chi connectivity index (χ0) is 19.5. The van der Waals surface area contributed by atoms with E-state index >= 15 is 0 Å². The molecule has 9 nitrogen and oxygen atoms in total. The van der Waals surface area contributed by atoms with Crippen LogP contribution >= 0.6 is 11.8 Å². The molecule has 2 heterocycles. The summed E-state index contributed by atoms with van der Waals surface area (Å²) in [6.07, 6.45) is 0. The van der Waals surface area contributed by atoms with Crippen LogP contribution in [0.1, 0.15) is 5.89 Å². The second kappa shape index (κ2) is 7.56. The number of hydrogen-bond acceptors (Lipinski definition) is 9. The highest BCUT2D eigenvalue weighted by molar-refractivity contribution is 7.98. The van der Waals surface area contributed by atoms with Crippen molar-refractivity contribution in [2.45, 2.75) is 11.0 Å². The van der Waals surface area contributed by atoms with E-state index in [4.69, 9.17) is 8.94 Å². The van der Waals surface area contributed by atoms with Gasteiger partial charge in [-0.1, -0.05) is 23.0 Å². The van der Waals surface area contributed by atoms with E-state index in [0.717, 1.165) is 0 Å². The van der Waals surface area contributed by atoms with Crippen molar-refractivity contribution in [2.24, 2.45) is 0 Å². The van der Waals surface area contributed by atoms with Crippen LogP contribution in [-0.4, -0.2) is 25.3 Å². The zero-order valence-electron chi connectivity index (χ0n) is 14.0. The standard InChI is InChI=1S/C17H10FN5O4S/c18-12-6-4-10(5-7-12)15-19-14(27-22-15)9-28-17-21-20-16(26-17)11-2-1-3-13(8-11)23(24)25/h1-8H,9H2. The van der Waals surface area contributed by atoms with Crippen molar-refractivity contribution in [3.63, 3.8) is 0 Å². The molecule has 0 amide bonds. The first-order valence-corrected chi connectivity index (χ1v) is 8.87. The number of hydrogen-bond donors (Lipinski definition) is 0. The third-order valence-corrected chi connectivity index (χ3v) is 4.40. The molecule has 0 radical (unpaired) electrons. The van der Waals surface area contributed by atoms with Crippen LogP contribution in [0.15, 0.2) is 62.7 Å². The van der Waals surface area contributed by atoms with Crippen LogP contribution in [0.4, 0.5) is 10.1 Å². The topological polar surface area (TPSA) is 121 Å². The van der Waals surface area contributed by atoms with Crippen LogP contribution in [0.5, 0.6) is 0 Å². The fourth-order valence-corrected chi connectivity index (χ4v) is 2.89. The van der Waals surface area contributed by atoms with Crippen molar-refractivity contribution >= 4 is 17.4 Å². The number of nitrogens with zero attached hydrogens (tertiary/aromatic N) is 5. The Bertz CT molecular complexity index is 1130. The molecule has 0 fully saturated rings. The molecule has 11 heteroatoms. The Morgan fingerprint density at radius 3 is 2.71 bits per heavy atom. The lowest BCUT2D eigenvalue weighted by Crippen LogP contribution is -1.88. The summed E-state index contributed by atoms with van der Waals surface area (Å²) in [7, 11) is 0. The highest BCUT2D eigenvalue weighted by Gasteiger charge is 2.15. The first-order valence-electron chi connectivity index (χ1n) is 7.88. The Labute approximate surface area is 160 Å². The van der Waals surface area contributed by atoms with E-state index in [9.17, 15) is 14.5 Å². The minimum Gasteiger partial charge on any atom is -0.411 e. The van der Waals surface area contributed by atoms with Gasteiger partial charge in [0.2, 0.25) is 17.6 Å². The lowest BCUT2D eigenvalue weighted by molar-refractivity contribution is -0.384. The Hall–Kier alpha value is -3.60. The number of aromatic nitrogens is 4. The van der Waals surface area contributed by atoms with Gasteiger partial charge < -0.3 is 8.94 Å². The molecule has 4 rings (SSSR count). The molecule has 0 aliphatic rings. The summed E-state index contributed by atoms with van der Waals surface area (Å²) in [4.78, 5) is 14.6. The van der Waals surface area contributed by atoms with Crippen molar-refractivity contribution in [1.82, 2.24) is 20.3 Å². The number of halogens is 1. The SMILES string of the molecule is O=[N+]([O-])c1cccc(-c2nnc(SCc3nc(-c4ccc(F)cc4)no3)o2)c1. The molecule has 0 spiro atoms. The summed E-state index contributed by atoms with van der Waals surface area (Å²) < 4.78 is 23.7. The Kier molecular flexibility index (Phi) is 4.81. The Balaban J connectivity index is 1.43. The first kappa shape index (κ1) is 17.8. The van der Waals surface area contributed by atoms with E-state index < -0.39 is 4.92 Å². The molecule has 0 atom stereocenters. The largest absolute Gasteiger partial charge is 0.411 e. The maximum atomic E-state index is 13.0. The van der Waals surface area contributed by atoms with Gasteiger partial charge in [-0.05, 0) is 30.3 Å². The van der Waals surface area contributed by atoms with Crippen LogP contribution < -0.4 is 0 Å². The highest BCUT2D eigenvalue weighted by atomic mass is 32.2. The summed E-state index contributed by atoms with van der Waals surface area (Å²) >= 11 is 1.18. The lowest BCUT2D eigenvalue weighted by Gasteiger charge is -1.95. The van der Waals surface area contributed by atoms with Crippen LogP contribution in [0, 0.1) is 15.9 Å². The van der Waals surface area contributed by atoms with Crippen LogP contribution in [0.25, 0.3) is 22.8 Å². The average molecular weight is 399 g/mol. The van der Waals surface area contributed by atoms with E-state index in [1.165, 1.54) is 36.0 Å². The summed E-state index contributed by atoms with van der Waals surface area (Å²) in [5.41, 5.74) is 1.01. The van der Waals surface area contributed by atoms with Crippen LogP contribution in [0.2, 0.25) is 0 Å². The number of nitro groups is 1. The molecule has 140 valence electrons. The van der Waals surface area contributed by atoms with Gasteiger partial charge in [0.05, 0.1) is 10.7 Å². The van der Waals surface area contributed by atoms with Gasteiger partial charge in [-0.15, -0.1) is 10.2 Å². The second-order valence-corrected chi connectivity index (χ2v) is 6.41. The van der Waals surface area contributed by atoms with E-state index in [1.807, 2.05) is 0 Å². The monoisotopic (exact) mass is 399 g/mol. The molecule has 0 aliphatic carbocycles. The smallest absolute Gasteiger partial charge is 0.277 e. The number of benzene rings is 2. The molecule has 28 heavy (non-hydrogen) atoms. The molecule has 0 aliphatic heterocycles. The minimum absolute atomic E-state index is 0.0657. The van der Waals surface area contributed by atoms with Crippen molar-refractivity contribution in [2.75, 3.05) is 0 Å². The number of thioether (sulfide) groups is 1. The third-order valence-electron chi connectivity index (χ3n) is 3.60. The van der Waals surface area contributed by atoms with Gasteiger partial charge in [0.25, 0.3) is 10.9 Å². The van der Waals surface area contributed by atoms with Crippen LogP contribution in [0.3, 0.4) is 0 Å². The van der Waals surface area contributed by atoms with Gasteiger partial charge in [0.15, 0.2) is 0 Å². The molecular weight excluding hydrogens is 389 g/mol. The maximum Gasteiger partial charge on any atom is 0.277 e. The zero-order valence-corrected chi connectivity index (χ0v) is 14.8. The highest BCUT2D eigenvalue weighted by Crippen LogP contribution is 2.27. The molecule has 0 unspecified atom stereocenters. The van der Waals surface area contributed by atoms with Gasteiger partial charge in [-0.25, -0.2) is 4.39 Å². The molecule has 0 bridgehead atoms. The summed E-state index contributed by atoms with van der Waals surface area (Å²) in [5, 5.41) is 22.8. The van der Waals surface area contributed by atoms with Crippen molar-refractivity contribution in [3.05, 3.63) is 70.4 Å².